The SMILES string of the molecule is Cc1c([C@@H]2[C@@H](C(=O)N3C4C=CCC3CC4)CC(=O)N2C2CC2)cnn1C. The van der Waals surface area contributed by atoms with Gasteiger partial charge in [-0.05, 0) is 39.0 Å². The number of fused-ring (bicyclic) bond motifs is 2. The minimum absolute atomic E-state index is 0.138. The Labute approximate surface area is 153 Å². The van der Waals surface area contributed by atoms with Crippen molar-refractivity contribution in [1.82, 2.24) is 19.6 Å². The van der Waals surface area contributed by atoms with Crippen LogP contribution in [0.25, 0.3) is 0 Å². The van der Waals surface area contributed by atoms with Gasteiger partial charge in [-0.2, -0.15) is 5.10 Å². The summed E-state index contributed by atoms with van der Waals surface area (Å²) in [6.45, 7) is 2.03. The van der Waals surface area contributed by atoms with Gasteiger partial charge in [-0.1, -0.05) is 12.2 Å². The molecule has 1 aliphatic carbocycles. The lowest BCUT2D eigenvalue weighted by Crippen LogP contribution is -2.46. The van der Waals surface area contributed by atoms with E-state index < -0.39 is 0 Å². The van der Waals surface area contributed by atoms with Crippen LogP contribution >= 0.6 is 0 Å². The van der Waals surface area contributed by atoms with Crippen molar-refractivity contribution in [3.8, 4) is 0 Å². The molecule has 5 rings (SSSR count). The fraction of sp³-hybridized carbons (Fsp3) is 0.650. The van der Waals surface area contributed by atoms with Gasteiger partial charge in [-0.15, -0.1) is 0 Å². The van der Waals surface area contributed by atoms with Gasteiger partial charge in [0.2, 0.25) is 11.8 Å². The van der Waals surface area contributed by atoms with Gasteiger partial charge in [0.15, 0.2) is 0 Å². The van der Waals surface area contributed by atoms with Crippen LogP contribution in [0.1, 0.15) is 55.8 Å². The van der Waals surface area contributed by atoms with E-state index in [1.807, 2.05) is 29.7 Å². The van der Waals surface area contributed by atoms with E-state index in [0.29, 0.717) is 18.5 Å². The fourth-order valence-corrected chi connectivity index (χ4v) is 5.19. The van der Waals surface area contributed by atoms with Crippen molar-refractivity contribution in [2.75, 3.05) is 0 Å². The fourth-order valence-electron chi connectivity index (χ4n) is 5.19. The van der Waals surface area contributed by atoms with Gasteiger partial charge in [0, 0.05) is 36.8 Å². The molecule has 1 aromatic rings. The minimum atomic E-state index is -0.277. The number of hydrogen-bond donors (Lipinski definition) is 0. The molecule has 3 fully saturated rings. The summed E-state index contributed by atoms with van der Waals surface area (Å²) in [6, 6.07) is 0.699. The molecule has 1 aromatic heterocycles. The van der Waals surface area contributed by atoms with E-state index in [1.165, 1.54) is 0 Å². The van der Waals surface area contributed by atoms with Crippen molar-refractivity contribution in [1.29, 1.82) is 0 Å². The number of aryl methyl sites for hydroxylation is 1. The zero-order chi connectivity index (χ0) is 18.0. The molecule has 1 saturated carbocycles. The standard InChI is InChI=1S/C20H26N4O2/c1-12-17(11-21-22(12)2)19-16(10-18(25)24(19)15-8-9-15)20(26)23-13-4-3-5-14(23)7-6-13/h3-4,11,13-16,19H,5-10H2,1-2H3/t13?,14?,16-,19-/m0/s1. The number of likely N-dealkylation sites (tertiary alicyclic amines) is 1. The second kappa shape index (κ2) is 5.69. The van der Waals surface area contributed by atoms with Crippen molar-refractivity contribution in [3.63, 3.8) is 0 Å². The molecule has 0 aromatic carbocycles. The van der Waals surface area contributed by atoms with Crippen LogP contribution < -0.4 is 0 Å². The maximum atomic E-state index is 13.6. The molecule has 26 heavy (non-hydrogen) atoms. The molecule has 4 atom stereocenters. The summed E-state index contributed by atoms with van der Waals surface area (Å²) < 4.78 is 1.85. The number of carbonyl (C=O) groups excluding carboxylic acids is 2. The summed E-state index contributed by atoms with van der Waals surface area (Å²) in [4.78, 5) is 30.5. The predicted octanol–water partition coefficient (Wildman–Crippen LogP) is 2.10. The molecular formula is C20H26N4O2. The molecule has 2 saturated heterocycles. The van der Waals surface area contributed by atoms with E-state index in [0.717, 1.165) is 43.4 Å². The van der Waals surface area contributed by atoms with E-state index in [1.54, 1.807) is 0 Å². The molecule has 2 unspecified atom stereocenters. The van der Waals surface area contributed by atoms with Crippen LogP contribution in [0.5, 0.6) is 0 Å². The third-order valence-electron chi connectivity index (χ3n) is 6.78. The number of nitrogens with zero attached hydrogens (tertiary/aromatic N) is 4. The number of amides is 2. The highest BCUT2D eigenvalue weighted by molar-refractivity contribution is 5.91. The first kappa shape index (κ1) is 16.1. The normalized spacial score (nSPS) is 33.4. The first-order chi connectivity index (χ1) is 12.6. The third-order valence-corrected chi connectivity index (χ3v) is 6.78. The molecular weight excluding hydrogens is 328 g/mol. The summed E-state index contributed by atoms with van der Waals surface area (Å²) >= 11 is 0. The van der Waals surface area contributed by atoms with E-state index >= 15 is 0 Å². The van der Waals surface area contributed by atoms with Crippen LogP contribution in [-0.4, -0.2) is 49.5 Å². The smallest absolute Gasteiger partial charge is 0.229 e. The Bertz CT molecular complexity index is 794. The third kappa shape index (κ3) is 2.27. The Morgan fingerprint density at radius 1 is 1.19 bits per heavy atom. The van der Waals surface area contributed by atoms with E-state index in [2.05, 4.69) is 22.2 Å². The number of hydrogen-bond acceptors (Lipinski definition) is 3. The average Bonchev–Trinajstić information content (AvgIpc) is 3.28. The number of rotatable bonds is 3. The van der Waals surface area contributed by atoms with Crippen LogP contribution in [0.15, 0.2) is 18.3 Å². The molecule has 3 aliphatic heterocycles. The highest BCUT2D eigenvalue weighted by Crippen LogP contribution is 2.47. The maximum Gasteiger partial charge on any atom is 0.229 e. The number of aromatic nitrogens is 2. The van der Waals surface area contributed by atoms with Crippen LogP contribution in [-0.2, 0) is 16.6 Å². The minimum Gasteiger partial charge on any atom is -0.333 e. The number of carbonyl (C=O) groups is 2. The monoisotopic (exact) mass is 354 g/mol. The predicted molar refractivity (Wildman–Crippen MR) is 96.1 cm³/mol. The van der Waals surface area contributed by atoms with Crippen molar-refractivity contribution < 1.29 is 9.59 Å². The molecule has 0 radical (unpaired) electrons. The topological polar surface area (TPSA) is 58.4 Å². The second-order valence-electron chi connectivity index (χ2n) is 8.30. The Morgan fingerprint density at radius 2 is 1.96 bits per heavy atom. The van der Waals surface area contributed by atoms with Crippen LogP contribution in [0.2, 0.25) is 0 Å². The summed E-state index contributed by atoms with van der Waals surface area (Å²) in [5.41, 5.74) is 2.10. The van der Waals surface area contributed by atoms with Gasteiger partial charge in [0.1, 0.15) is 0 Å². The Kier molecular flexibility index (Phi) is 3.52. The first-order valence-electron chi connectivity index (χ1n) is 9.84. The van der Waals surface area contributed by atoms with Crippen molar-refractivity contribution >= 4 is 11.8 Å². The zero-order valence-corrected chi connectivity index (χ0v) is 15.5. The van der Waals surface area contributed by atoms with Gasteiger partial charge in [-0.3, -0.25) is 14.3 Å². The lowest BCUT2D eigenvalue weighted by Gasteiger charge is -2.36. The Hall–Kier alpha value is -2.11. The van der Waals surface area contributed by atoms with E-state index in [9.17, 15) is 9.59 Å². The van der Waals surface area contributed by atoms with Crippen LogP contribution in [0.4, 0.5) is 0 Å². The molecule has 2 amide bonds. The quantitative estimate of drug-likeness (QED) is 0.781. The highest BCUT2D eigenvalue weighted by Gasteiger charge is 2.53. The molecule has 4 heterocycles. The molecule has 138 valence electrons. The molecule has 2 bridgehead atoms. The first-order valence-corrected chi connectivity index (χ1v) is 9.84. The molecule has 0 spiro atoms. The zero-order valence-electron chi connectivity index (χ0n) is 15.5. The summed E-state index contributed by atoms with van der Waals surface area (Å²) in [5, 5.41) is 4.39. The Morgan fingerprint density at radius 3 is 2.62 bits per heavy atom. The van der Waals surface area contributed by atoms with Gasteiger partial charge in [0.25, 0.3) is 0 Å². The summed E-state index contributed by atoms with van der Waals surface area (Å²) in [5.74, 6) is 0.0335. The van der Waals surface area contributed by atoms with Crippen molar-refractivity contribution in [2.45, 2.75) is 69.6 Å². The molecule has 6 heteroatoms. The van der Waals surface area contributed by atoms with E-state index in [4.69, 9.17) is 0 Å². The largest absolute Gasteiger partial charge is 0.333 e. The second-order valence-corrected chi connectivity index (χ2v) is 8.30. The molecule has 6 nitrogen and oxygen atoms in total. The van der Waals surface area contributed by atoms with Gasteiger partial charge < -0.3 is 9.80 Å². The van der Waals surface area contributed by atoms with Gasteiger partial charge in [0.05, 0.1) is 24.2 Å². The average molecular weight is 354 g/mol. The lowest BCUT2D eigenvalue weighted by molar-refractivity contribution is -0.139. The van der Waals surface area contributed by atoms with Crippen molar-refractivity contribution in [2.24, 2.45) is 13.0 Å². The summed E-state index contributed by atoms with van der Waals surface area (Å²) in [6.07, 6.45) is 11.8. The Balaban J connectivity index is 1.52. The van der Waals surface area contributed by atoms with E-state index in [-0.39, 0.29) is 29.8 Å². The summed E-state index contributed by atoms with van der Waals surface area (Å²) in [7, 11) is 1.92. The maximum absolute atomic E-state index is 13.6. The molecule has 0 N–H and O–H groups in total. The van der Waals surface area contributed by atoms with Crippen LogP contribution in [0, 0.1) is 12.8 Å². The highest BCUT2D eigenvalue weighted by atomic mass is 16.2. The molecule has 4 aliphatic rings. The lowest BCUT2D eigenvalue weighted by atomic mass is 9.91. The van der Waals surface area contributed by atoms with Gasteiger partial charge >= 0.3 is 0 Å². The van der Waals surface area contributed by atoms with Gasteiger partial charge in [-0.25, -0.2) is 0 Å². The van der Waals surface area contributed by atoms with Crippen molar-refractivity contribution in [3.05, 3.63) is 29.6 Å². The van der Waals surface area contributed by atoms with Crippen LogP contribution in [0.3, 0.4) is 0 Å².